The Morgan fingerprint density at radius 1 is 1.13 bits per heavy atom. The summed E-state index contributed by atoms with van der Waals surface area (Å²) in [6, 6.07) is 0.649. The molecular weight excluding hydrogens is 190 g/mol. The zero-order valence-corrected chi connectivity index (χ0v) is 9.34. The minimum atomic E-state index is 0.456. The van der Waals surface area contributed by atoms with Crippen LogP contribution >= 0.6 is 0 Å². The number of carbonyl (C=O) groups excluding carboxylic acids is 1. The fourth-order valence-electron chi connectivity index (χ4n) is 2.44. The van der Waals surface area contributed by atoms with E-state index in [1.54, 1.807) is 0 Å². The molecule has 1 N–H and O–H groups in total. The molecule has 1 aliphatic carbocycles. The first-order valence-electron chi connectivity index (χ1n) is 6.17. The molecule has 0 bridgehead atoms. The first-order chi connectivity index (χ1) is 7.34. The van der Waals surface area contributed by atoms with Crippen molar-refractivity contribution in [2.75, 3.05) is 19.8 Å². The van der Waals surface area contributed by atoms with Gasteiger partial charge in [0.05, 0.1) is 0 Å². The fraction of sp³-hybridized carbons (Fsp3) is 0.917. The summed E-state index contributed by atoms with van der Waals surface area (Å²) in [5.74, 6) is 1.18. The Hall–Kier alpha value is -0.410. The van der Waals surface area contributed by atoms with Crippen LogP contribution in [-0.2, 0) is 9.53 Å². The van der Waals surface area contributed by atoms with Gasteiger partial charge in [0.1, 0.15) is 5.78 Å². The Kier molecular flexibility index (Phi) is 4.15. The lowest BCUT2D eigenvalue weighted by molar-refractivity contribution is -0.120. The fourth-order valence-corrected chi connectivity index (χ4v) is 2.44. The van der Waals surface area contributed by atoms with Crippen molar-refractivity contribution in [1.29, 1.82) is 0 Å². The highest BCUT2D eigenvalue weighted by molar-refractivity contribution is 5.79. The summed E-state index contributed by atoms with van der Waals surface area (Å²) in [7, 11) is 0. The van der Waals surface area contributed by atoms with Crippen LogP contribution in [0.5, 0.6) is 0 Å². The van der Waals surface area contributed by atoms with E-state index < -0.39 is 0 Å². The van der Waals surface area contributed by atoms with E-state index in [0.29, 0.717) is 11.8 Å². The maximum absolute atomic E-state index is 11.1. The molecule has 2 fully saturated rings. The molecule has 0 aromatic carbocycles. The Balaban J connectivity index is 1.62. The van der Waals surface area contributed by atoms with Gasteiger partial charge in [0.15, 0.2) is 0 Å². The van der Waals surface area contributed by atoms with Gasteiger partial charge in [0.25, 0.3) is 0 Å². The van der Waals surface area contributed by atoms with Gasteiger partial charge < -0.3 is 10.1 Å². The van der Waals surface area contributed by atoms with Gasteiger partial charge in [-0.05, 0) is 38.1 Å². The lowest BCUT2D eigenvalue weighted by Gasteiger charge is -2.27. The van der Waals surface area contributed by atoms with Gasteiger partial charge in [-0.2, -0.15) is 0 Å². The number of rotatable bonds is 3. The number of hydrogen-bond donors (Lipinski definition) is 1. The van der Waals surface area contributed by atoms with Crippen LogP contribution in [0, 0.1) is 5.92 Å². The molecular formula is C12H21NO2. The summed E-state index contributed by atoms with van der Waals surface area (Å²) in [5.41, 5.74) is 0. The predicted octanol–water partition coefficient (Wildman–Crippen LogP) is 1.51. The third-order valence-corrected chi connectivity index (χ3v) is 3.58. The summed E-state index contributed by atoms with van der Waals surface area (Å²) in [5, 5.41) is 3.61. The van der Waals surface area contributed by atoms with Crippen LogP contribution in [0.15, 0.2) is 0 Å². The Morgan fingerprint density at radius 3 is 2.47 bits per heavy atom. The lowest BCUT2D eigenvalue weighted by atomic mass is 9.88. The monoisotopic (exact) mass is 211 g/mol. The van der Waals surface area contributed by atoms with E-state index in [4.69, 9.17) is 4.74 Å². The molecule has 0 amide bonds. The smallest absolute Gasteiger partial charge is 0.132 e. The quantitative estimate of drug-likeness (QED) is 0.769. The molecule has 3 heteroatoms. The minimum Gasteiger partial charge on any atom is -0.381 e. The number of carbonyl (C=O) groups is 1. The van der Waals surface area contributed by atoms with Crippen LogP contribution in [-0.4, -0.2) is 31.6 Å². The molecule has 0 radical (unpaired) electrons. The van der Waals surface area contributed by atoms with E-state index in [2.05, 4.69) is 5.32 Å². The van der Waals surface area contributed by atoms with Crippen LogP contribution in [0.1, 0.15) is 38.5 Å². The molecule has 0 unspecified atom stereocenters. The largest absolute Gasteiger partial charge is 0.381 e. The molecule has 1 heterocycles. The predicted molar refractivity (Wildman–Crippen MR) is 58.8 cm³/mol. The van der Waals surface area contributed by atoms with Gasteiger partial charge in [0, 0.05) is 32.1 Å². The van der Waals surface area contributed by atoms with Crippen molar-refractivity contribution in [2.45, 2.75) is 44.6 Å². The molecule has 1 saturated heterocycles. The number of hydrogen-bond acceptors (Lipinski definition) is 3. The molecule has 3 nitrogen and oxygen atoms in total. The number of Topliss-reactive ketones (excluding diaryl/α,β-unsaturated/α-hetero) is 1. The van der Waals surface area contributed by atoms with Crippen molar-refractivity contribution in [3.8, 4) is 0 Å². The second-order valence-electron chi connectivity index (χ2n) is 4.78. The number of ether oxygens (including phenoxy) is 1. The van der Waals surface area contributed by atoms with Crippen LogP contribution in [0.3, 0.4) is 0 Å². The summed E-state index contributed by atoms with van der Waals surface area (Å²) >= 11 is 0. The Labute approximate surface area is 91.6 Å². The second kappa shape index (κ2) is 5.61. The molecule has 2 rings (SSSR count). The highest BCUT2D eigenvalue weighted by Gasteiger charge is 2.20. The van der Waals surface area contributed by atoms with E-state index >= 15 is 0 Å². The molecule has 1 aliphatic heterocycles. The van der Waals surface area contributed by atoms with Crippen LogP contribution < -0.4 is 5.32 Å². The maximum Gasteiger partial charge on any atom is 0.132 e. The van der Waals surface area contributed by atoms with Crippen LogP contribution in [0.4, 0.5) is 0 Å². The molecule has 2 aliphatic rings. The van der Waals surface area contributed by atoms with Crippen molar-refractivity contribution in [3.63, 3.8) is 0 Å². The van der Waals surface area contributed by atoms with Crippen molar-refractivity contribution in [3.05, 3.63) is 0 Å². The summed E-state index contributed by atoms with van der Waals surface area (Å²) in [6.45, 7) is 2.90. The summed E-state index contributed by atoms with van der Waals surface area (Å²) in [4.78, 5) is 11.1. The van der Waals surface area contributed by atoms with Crippen molar-refractivity contribution >= 4 is 5.78 Å². The van der Waals surface area contributed by atoms with E-state index in [1.165, 1.54) is 0 Å². The van der Waals surface area contributed by atoms with Crippen LogP contribution in [0.2, 0.25) is 0 Å². The normalized spacial score (nSPS) is 25.7. The summed E-state index contributed by atoms with van der Waals surface area (Å²) < 4.78 is 5.32. The van der Waals surface area contributed by atoms with Crippen LogP contribution in [0.25, 0.3) is 0 Å². The summed E-state index contributed by atoms with van der Waals surface area (Å²) in [6.07, 6.45) is 6.08. The first kappa shape index (κ1) is 11.1. The second-order valence-corrected chi connectivity index (χ2v) is 4.78. The standard InChI is InChI=1S/C12H21NO2/c14-12-3-1-10(2-4-12)9-13-11-5-7-15-8-6-11/h10-11,13H,1-9H2. The molecule has 0 aromatic heterocycles. The maximum atomic E-state index is 11.1. The lowest BCUT2D eigenvalue weighted by Crippen LogP contribution is -2.38. The van der Waals surface area contributed by atoms with Gasteiger partial charge in [0.2, 0.25) is 0 Å². The van der Waals surface area contributed by atoms with E-state index in [1.807, 2.05) is 0 Å². The molecule has 86 valence electrons. The molecule has 0 atom stereocenters. The zero-order chi connectivity index (χ0) is 10.5. The van der Waals surface area contributed by atoms with Gasteiger partial charge in [-0.25, -0.2) is 0 Å². The van der Waals surface area contributed by atoms with E-state index in [0.717, 1.165) is 64.2 Å². The Bertz CT molecular complexity index is 202. The van der Waals surface area contributed by atoms with E-state index in [9.17, 15) is 4.79 Å². The van der Waals surface area contributed by atoms with Gasteiger partial charge >= 0.3 is 0 Å². The van der Waals surface area contributed by atoms with Gasteiger partial charge in [-0.1, -0.05) is 0 Å². The number of ketones is 1. The van der Waals surface area contributed by atoms with Gasteiger partial charge in [-0.15, -0.1) is 0 Å². The zero-order valence-electron chi connectivity index (χ0n) is 9.34. The van der Waals surface area contributed by atoms with E-state index in [-0.39, 0.29) is 0 Å². The average Bonchev–Trinajstić information content (AvgIpc) is 2.30. The van der Waals surface area contributed by atoms with Crippen molar-refractivity contribution < 1.29 is 9.53 Å². The molecule has 15 heavy (non-hydrogen) atoms. The van der Waals surface area contributed by atoms with Gasteiger partial charge in [-0.3, -0.25) is 4.79 Å². The first-order valence-corrected chi connectivity index (χ1v) is 6.17. The Morgan fingerprint density at radius 2 is 1.80 bits per heavy atom. The van der Waals surface area contributed by atoms with Crippen molar-refractivity contribution in [2.24, 2.45) is 5.92 Å². The minimum absolute atomic E-state index is 0.456. The number of nitrogens with one attached hydrogen (secondary N) is 1. The third kappa shape index (κ3) is 3.58. The molecule has 1 saturated carbocycles. The highest BCUT2D eigenvalue weighted by Crippen LogP contribution is 2.21. The molecule has 0 aromatic rings. The topological polar surface area (TPSA) is 38.3 Å². The average molecular weight is 211 g/mol. The highest BCUT2D eigenvalue weighted by atomic mass is 16.5. The SMILES string of the molecule is O=C1CCC(CNC2CCOCC2)CC1. The third-order valence-electron chi connectivity index (χ3n) is 3.58. The van der Waals surface area contributed by atoms with Crippen molar-refractivity contribution in [1.82, 2.24) is 5.32 Å². The molecule has 0 spiro atoms.